The highest BCUT2D eigenvalue weighted by molar-refractivity contribution is 7.22. The summed E-state index contributed by atoms with van der Waals surface area (Å²) < 4.78 is 15.0. The van der Waals surface area contributed by atoms with Crippen molar-refractivity contribution in [3.63, 3.8) is 0 Å². The molecule has 1 aromatic carbocycles. The summed E-state index contributed by atoms with van der Waals surface area (Å²) in [6, 6.07) is 6.39. The number of benzene rings is 1. The zero-order chi connectivity index (χ0) is 23.7. The Bertz CT molecular complexity index is 1210. The lowest BCUT2D eigenvalue weighted by Gasteiger charge is -2.36. The van der Waals surface area contributed by atoms with E-state index in [-0.39, 0.29) is 23.8 Å². The Morgan fingerprint density at radius 3 is 2.35 bits per heavy atom. The zero-order valence-corrected chi connectivity index (χ0v) is 20.0. The van der Waals surface area contributed by atoms with Crippen LogP contribution in [0.3, 0.4) is 0 Å². The second-order valence-electron chi connectivity index (χ2n) is 8.59. The number of fused-ring (bicyclic) bond motifs is 1. The highest BCUT2D eigenvalue weighted by Crippen LogP contribution is 2.26. The molecule has 2 aliphatic heterocycles. The van der Waals surface area contributed by atoms with Gasteiger partial charge < -0.3 is 19.6 Å². The highest BCUT2D eigenvalue weighted by Gasteiger charge is 2.24. The number of rotatable bonds is 5. The third-order valence-electron chi connectivity index (χ3n) is 6.59. The van der Waals surface area contributed by atoms with Crippen molar-refractivity contribution in [1.82, 2.24) is 24.3 Å². The maximum Gasteiger partial charge on any atom is 0.273 e. The molecule has 2 fully saturated rings. The lowest BCUT2D eigenvalue weighted by atomic mass is 10.2. The van der Waals surface area contributed by atoms with E-state index >= 15 is 0 Å². The number of halogens is 1. The molecule has 4 heterocycles. The molecule has 5 rings (SSSR count). The van der Waals surface area contributed by atoms with Gasteiger partial charge in [-0.05, 0) is 30.8 Å². The first-order valence-electron chi connectivity index (χ1n) is 11.6. The van der Waals surface area contributed by atoms with E-state index in [9.17, 15) is 14.0 Å². The zero-order valence-electron chi connectivity index (χ0n) is 19.2. The summed E-state index contributed by atoms with van der Waals surface area (Å²) in [6.07, 6.45) is 1.43. The summed E-state index contributed by atoms with van der Waals surface area (Å²) in [6.45, 7) is 9.29. The van der Waals surface area contributed by atoms with E-state index in [0.717, 1.165) is 43.5 Å². The van der Waals surface area contributed by atoms with E-state index in [2.05, 4.69) is 31.6 Å². The van der Waals surface area contributed by atoms with Gasteiger partial charge in [-0.1, -0.05) is 18.3 Å². The number of carbonyl (C=O) groups is 1. The monoisotopic (exact) mass is 485 g/mol. The van der Waals surface area contributed by atoms with Gasteiger partial charge in [0.25, 0.3) is 5.56 Å². The largest absolute Gasteiger partial charge is 0.368 e. The number of likely N-dealkylation sites (N-methyl/N-ethyl adjacent to an activating group) is 1. The number of amides is 1. The molecule has 0 radical (unpaired) electrons. The van der Waals surface area contributed by atoms with E-state index in [0.29, 0.717) is 36.5 Å². The summed E-state index contributed by atoms with van der Waals surface area (Å²) in [7, 11) is 0. The first-order chi connectivity index (χ1) is 16.5. The second-order valence-corrected chi connectivity index (χ2v) is 9.57. The Kier molecular flexibility index (Phi) is 6.46. The SMILES string of the molecule is CCN1CCN(c2nc3ncn(CC(=O)N4CCN(c5ccc(F)cc5)CC4)c(=O)c3s2)CC1. The number of nitrogens with zero attached hydrogens (tertiary/aromatic N) is 7. The van der Waals surface area contributed by atoms with Crippen LogP contribution in [0.25, 0.3) is 10.3 Å². The third kappa shape index (κ3) is 4.62. The summed E-state index contributed by atoms with van der Waals surface area (Å²) in [5.74, 6) is -0.372. The number of thiazole rings is 1. The van der Waals surface area contributed by atoms with Gasteiger partial charge in [0.05, 0.1) is 0 Å². The van der Waals surface area contributed by atoms with Gasteiger partial charge in [0.15, 0.2) is 10.8 Å². The van der Waals surface area contributed by atoms with Crippen molar-refractivity contribution < 1.29 is 9.18 Å². The number of carbonyl (C=O) groups excluding carboxylic acids is 1. The molecular weight excluding hydrogens is 457 g/mol. The first kappa shape index (κ1) is 22.7. The molecule has 0 bridgehead atoms. The smallest absolute Gasteiger partial charge is 0.273 e. The normalized spacial score (nSPS) is 17.5. The lowest BCUT2D eigenvalue weighted by molar-refractivity contribution is -0.132. The topological polar surface area (TPSA) is 77.8 Å². The molecule has 0 aliphatic carbocycles. The molecular formula is C23H28FN7O2S. The highest BCUT2D eigenvalue weighted by atomic mass is 32.1. The van der Waals surface area contributed by atoms with Crippen LogP contribution in [0.2, 0.25) is 0 Å². The van der Waals surface area contributed by atoms with E-state index in [1.807, 2.05) is 0 Å². The van der Waals surface area contributed by atoms with Crippen molar-refractivity contribution in [2.45, 2.75) is 13.5 Å². The Labute approximate surface area is 201 Å². The number of hydrogen-bond acceptors (Lipinski definition) is 8. The molecule has 0 saturated carbocycles. The van der Waals surface area contributed by atoms with Crippen molar-refractivity contribution in [1.29, 1.82) is 0 Å². The average Bonchev–Trinajstić information content (AvgIpc) is 3.32. The van der Waals surface area contributed by atoms with Gasteiger partial charge in [0.2, 0.25) is 5.91 Å². The third-order valence-corrected chi connectivity index (χ3v) is 7.69. The van der Waals surface area contributed by atoms with Gasteiger partial charge in [0, 0.05) is 58.0 Å². The van der Waals surface area contributed by atoms with Gasteiger partial charge in [-0.25, -0.2) is 9.37 Å². The Morgan fingerprint density at radius 1 is 1.00 bits per heavy atom. The molecule has 2 aromatic heterocycles. The Hall–Kier alpha value is -3.05. The van der Waals surface area contributed by atoms with Gasteiger partial charge in [-0.15, -0.1) is 0 Å². The molecule has 180 valence electrons. The molecule has 0 spiro atoms. The number of piperazine rings is 2. The van der Waals surface area contributed by atoms with E-state index in [1.54, 1.807) is 17.0 Å². The molecule has 0 N–H and O–H groups in total. The average molecular weight is 486 g/mol. The van der Waals surface area contributed by atoms with E-state index in [4.69, 9.17) is 0 Å². The van der Waals surface area contributed by atoms with Crippen LogP contribution in [-0.2, 0) is 11.3 Å². The predicted octanol–water partition coefficient (Wildman–Crippen LogP) is 1.48. The summed E-state index contributed by atoms with van der Waals surface area (Å²) in [4.78, 5) is 43.4. The molecule has 9 nitrogen and oxygen atoms in total. The van der Waals surface area contributed by atoms with Crippen molar-refractivity contribution in [2.24, 2.45) is 0 Å². The van der Waals surface area contributed by atoms with E-state index in [1.165, 1.54) is 34.4 Å². The molecule has 1 amide bonds. The first-order valence-corrected chi connectivity index (χ1v) is 12.4. The fourth-order valence-electron chi connectivity index (χ4n) is 4.45. The minimum atomic E-state index is -0.263. The molecule has 2 aliphatic rings. The molecule has 11 heteroatoms. The Morgan fingerprint density at radius 2 is 1.68 bits per heavy atom. The molecule has 34 heavy (non-hydrogen) atoms. The number of aromatic nitrogens is 3. The summed E-state index contributed by atoms with van der Waals surface area (Å²) in [5, 5.41) is 0.816. The van der Waals surface area contributed by atoms with Crippen LogP contribution >= 0.6 is 11.3 Å². The second kappa shape index (κ2) is 9.67. The van der Waals surface area contributed by atoms with Crippen molar-refractivity contribution in [2.75, 3.05) is 68.7 Å². The van der Waals surface area contributed by atoms with Crippen LogP contribution in [0.15, 0.2) is 35.4 Å². The Balaban J connectivity index is 1.23. The molecule has 0 atom stereocenters. The maximum atomic E-state index is 13.2. The number of anilines is 2. The van der Waals surface area contributed by atoms with Crippen LogP contribution in [0.4, 0.5) is 15.2 Å². The van der Waals surface area contributed by atoms with Gasteiger partial charge in [0.1, 0.15) is 23.4 Å². The predicted molar refractivity (Wildman–Crippen MR) is 131 cm³/mol. The van der Waals surface area contributed by atoms with Gasteiger partial charge in [-0.3, -0.25) is 14.2 Å². The van der Waals surface area contributed by atoms with E-state index < -0.39 is 0 Å². The van der Waals surface area contributed by atoms with Crippen molar-refractivity contribution in [3.8, 4) is 0 Å². The standard InChI is InChI=1S/C23H28FN7O2S/c1-2-27-7-9-30(10-8-27)23-26-21-20(34-23)22(33)31(16-25-21)15-19(32)29-13-11-28(12-14-29)18-5-3-17(24)4-6-18/h3-6,16H,2,7-15H2,1H3. The van der Waals surface area contributed by atoms with Crippen LogP contribution in [0.1, 0.15) is 6.92 Å². The lowest BCUT2D eigenvalue weighted by Crippen LogP contribution is -2.50. The van der Waals surface area contributed by atoms with Gasteiger partial charge >= 0.3 is 0 Å². The molecule has 2 saturated heterocycles. The molecule has 3 aromatic rings. The number of hydrogen-bond donors (Lipinski definition) is 0. The quantitative estimate of drug-likeness (QED) is 0.542. The van der Waals surface area contributed by atoms with Gasteiger partial charge in [-0.2, -0.15) is 4.98 Å². The minimum Gasteiger partial charge on any atom is -0.368 e. The fourth-order valence-corrected chi connectivity index (χ4v) is 5.47. The van der Waals surface area contributed by atoms with Crippen LogP contribution < -0.4 is 15.4 Å². The van der Waals surface area contributed by atoms with Crippen LogP contribution in [-0.4, -0.2) is 89.1 Å². The van der Waals surface area contributed by atoms with Crippen LogP contribution in [0, 0.1) is 5.82 Å². The maximum absolute atomic E-state index is 13.2. The van der Waals surface area contributed by atoms with Crippen LogP contribution in [0.5, 0.6) is 0 Å². The fraction of sp³-hybridized carbons (Fsp3) is 0.478. The van der Waals surface area contributed by atoms with Crippen molar-refractivity contribution in [3.05, 3.63) is 46.8 Å². The summed E-state index contributed by atoms with van der Waals surface area (Å²) >= 11 is 1.36. The molecule has 0 unspecified atom stereocenters. The van der Waals surface area contributed by atoms with Crippen molar-refractivity contribution >= 4 is 38.4 Å². The minimum absolute atomic E-state index is 0.0409. The summed E-state index contributed by atoms with van der Waals surface area (Å²) in [5.41, 5.74) is 1.16.